The number of hydrogen-bond acceptors (Lipinski definition) is 2. The monoisotopic (exact) mass is 248 g/mol. The fourth-order valence-corrected chi connectivity index (χ4v) is 2.26. The minimum atomic E-state index is 0.183. The van der Waals surface area contributed by atoms with Crippen molar-refractivity contribution >= 4 is 22.5 Å². The molecule has 3 heteroatoms. The minimum absolute atomic E-state index is 0.183. The highest BCUT2D eigenvalue weighted by Gasteiger charge is 2.04. The normalized spacial score (nSPS) is 13.2. The summed E-state index contributed by atoms with van der Waals surface area (Å²) in [5, 5.41) is 1.37. The Balaban J connectivity index is 2.14. The maximum absolute atomic E-state index is 5.98. The van der Waals surface area contributed by atoms with Crippen LogP contribution in [-0.4, -0.2) is 28.9 Å². The highest BCUT2D eigenvalue weighted by molar-refractivity contribution is 6.20. The number of rotatable bonds is 4. The molecule has 1 aromatic heterocycles. The van der Waals surface area contributed by atoms with E-state index in [1.54, 1.807) is 0 Å². The van der Waals surface area contributed by atoms with Gasteiger partial charge in [0.05, 0.1) is 5.52 Å². The topological polar surface area (TPSA) is 16.1 Å². The maximum atomic E-state index is 5.98. The molecule has 2 rings (SSSR count). The lowest BCUT2D eigenvalue weighted by atomic mass is 10.1. The van der Waals surface area contributed by atoms with E-state index in [2.05, 4.69) is 41.2 Å². The van der Waals surface area contributed by atoms with Crippen LogP contribution in [0.4, 0.5) is 0 Å². The van der Waals surface area contributed by atoms with Gasteiger partial charge >= 0.3 is 0 Å². The zero-order valence-corrected chi connectivity index (χ0v) is 11.0. The first kappa shape index (κ1) is 12.3. The predicted molar refractivity (Wildman–Crippen MR) is 73.4 cm³/mol. The number of halogens is 1. The molecule has 0 saturated carbocycles. The molecule has 17 heavy (non-hydrogen) atoms. The number of aromatic nitrogens is 1. The van der Waals surface area contributed by atoms with Crippen molar-refractivity contribution in [3.8, 4) is 0 Å². The van der Waals surface area contributed by atoms with Gasteiger partial charge in [0, 0.05) is 30.0 Å². The first-order chi connectivity index (χ1) is 8.15. The fourth-order valence-electron chi connectivity index (χ4n) is 2.03. The van der Waals surface area contributed by atoms with E-state index in [0.29, 0.717) is 0 Å². The van der Waals surface area contributed by atoms with Crippen LogP contribution in [-0.2, 0) is 6.54 Å². The molecular weight excluding hydrogens is 232 g/mol. The van der Waals surface area contributed by atoms with E-state index in [-0.39, 0.29) is 5.38 Å². The summed E-state index contributed by atoms with van der Waals surface area (Å²) in [6.07, 6.45) is 1.82. The maximum Gasteiger partial charge on any atom is 0.0702 e. The summed E-state index contributed by atoms with van der Waals surface area (Å²) in [7, 11) is 2.09. The molecule has 0 amide bonds. The third kappa shape index (κ3) is 3.42. The van der Waals surface area contributed by atoms with Crippen LogP contribution < -0.4 is 0 Å². The van der Waals surface area contributed by atoms with E-state index >= 15 is 0 Å². The molecule has 1 unspecified atom stereocenters. The summed E-state index contributed by atoms with van der Waals surface area (Å²) in [4.78, 5) is 6.55. The molecule has 0 aliphatic rings. The quantitative estimate of drug-likeness (QED) is 0.772. The van der Waals surface area contributed by atoms with Crippen molar-refractivity contribution in [3.63, 3.8) is 0 Å². The van der Waals surface area contributed by atoms with E-state index in [9.17, 15) is 0 Å². The zero-order chi connectivity index (χ0) is 12.3. The van der Waals surface area contributed by atoms with Gasteiger partial charge in [0.15, 0.2) is 0 Å². The summed E-state index contributed by atoms with van der Waals surface area (Å²) >= 11 is 5.98. The molecule has 90 valence electrons. The average molecular weight is 249 g/mol. The molecule has 0 saturated heterocycles. The molecule has 1 aromatic carbocycles. The van der Waals surface area contributed by atoms with Crippen LogP contribution >= 0.6 is 11.6 Å². The second-order valence-electron chi connectivity index (χ2n) is 4.51. The lowest BCUT2D eigenvalue weighted by molar-refractivity contribution is 0.330. The largest absolute Gasteiger partial charge is 0.301 e. The lowest BCUT2D eigenvalue weighted by Gasteiger charge is -2.18. The van der Waals surface area contributed by atoms with Crippen molar-refractivity contribution < 1.29 is 0 Å². The van der Waals surface area contributed by atoms with Crippen molar-refractivity contribution in [3.05, 3.63) is 42.1 Å². The standard InChI is InChI=1S/C14H17ClN2/c1-11(15)9-17(2)10-12-5-6-14-13(8-12)4-3-7-16-14/h3-8,11H,9-10H2,1-2H3. The zero-order valence-electron chi connectivity index (χ0n) is 10.2. The summed E-state index contributed by atoms with van der Waals surface area (Å²) in [6, 6.07) is 10.5. The summed E-state index contributed by atoms with van der Waals surface area (Å²) in [5.74, 6) is 0. The molecule has 0 fully saturated rings. The first-order valence-electron chi connectivity index (χ1n) is 5.81. The Hall–Kier alpha value is -1.12. The minimum Gasteiger partial charge on any atom is -0.301 e. The van der Waals surface area contributed by atoms with Crippen molar-refractivity contribution in [2.75, 3.05) is 13.6 Å². The van der Waals surface area contributed by atoms with E-state index in [1.165, 1.54) is 10.9 Å². The molecule has 0 aliphatic carbocycles. The molecule has 0 aliphatic heterocycles. The molecule has 0 spiro atoms. The van der Waals surface area contributed by atoms with Crippen LogP contribution in [0.3, 0.4) is 0 Å². The number of benzene rings is 1. The first-order valence-corrected chi connectivity index (χ1v) is 6.25. The highest BCUT2D eigenvalue weighted by Crippen LogP contribution is 2.14. The number of nitrogens with zero attached hydrogens (tertiary/aromatic N) is 2. The SMILES string of the molecule is CC(Cl)CN(C)Cc1ccc2ncccc2c1. The van der Waals surface area contributed by atoms with E-state index in [0.717, 1.165) is 18.6 Å². The van der Waals surface area contributed by atoms with Crippen LogP contribution in [0.25, 0.3) is 10.9 Å². The molecule has 1 atom stereocenters. The Morgan fingerprint density at radius 3 is 2.94 bits per heavy atom. The van der Waals surface area contributed by atoms with Gasteiger partial charge in [-0.2, -0.15) is 0 Å². The number of pyridine rings is 1. The van der Waals surface area contributed by atoms with Crippen molar-refractivity contribution in [2.24, 2.45) is 0 Å². The van der Waals surface area contributed by atoms with Gasteiger partial charge in [0.25, 0.3) is 0 Å². The van der Waals surface area contributed by atoms with Crippen molar-refractivity contribution in [1.29, 1.82) is 0 Å². The number of fused-ring (bicyclic) bond motifs is 1. The summed E-state index contributed by atoms with van der Waals surface area (Å²) < 4.78 is 0. The van der Waals surface area contributed by atoms with Gasteiger partial charge in [0.2, 0.25) is 0 Å². The van der Waals surface area contributed by atoms with Crippen LogP contribution in [0, 0.1) is 0 Å². The van der Waals surface area contributed by atoms with E-state index in [4.69, 9.17) is 11.6 Å². The average Bonchev–Trinajstić information content (AvgIpc) is 2.27. The molecule has 2 nitrogen and oxygen atoms in total. The molecule has 0 radical (unpaired) electrons. The van der Waals surface area contributed by atoms with Crippen molar-refractivity contribution in [1.82, 2.24) is 9.88 Å². The van der Waals surface area contributed by atoms with Gasteiger partial charge in [-0.05, 0) is 37.7 Å². The third-order valence-corrected chi connectivity index (χ3v) is 2.82. The van der Waals surface area contributed by atoms with Gasteiger partial charge in [-0.25, -0.2) is 0 Å². The Bertz CT molecular complexity index is 496. The van der Waals surface area contributed by atoms with Crippen LogP contribution in [0.1, 0.15) is 12.5 Å². The molecule has 0 bridgehead atoms. The lowest BCUT2D eigenvalue weighted by Crippen LogP contribution is -2.24. The molecule has 0 N–H and O–H groups in total. The van der Waals surface area contributed by atoms with Gasteiger partial charge in [-0.15, -0.1) is 11.6 Å². The number of hydrogen-bond donors (Lipinski definition) is 0. The Labute approximate surface area is 107 Å². The Morgan fingerprint density at radius 2 is 2.18 bits per heavy atom. The molecule has 2 aromatic rings. The number of alkyl halides is 1. The van der Waals surface area contributed by atoms with Crippen LogP contribution in [0.15, 0.2) is 36.5 Å². The highest BCUT2D eigenvalue weighted by atomic mass is 35.5. The van der Waals surface area contributed by atoms with Gasteiger partial charge in [0.1, 0.15) is 0 Å². The van der Waals surface area contributed by atoms with E-state index in [1.807, 2.05) is 19.2 Å². The fraction of sp³-hybridized carbons (Fsp3) is 0.357. The van der Waals surface area contributed by atoms with Gasteiger partial charge in [-0.3, -0.25) is 4.98 Å². The van der Waals surface area contributed by atoms with Gasteiger partial charge in [-0.1, -0.05) is 12.1 Å². The van der Waals surface area contributed by atoms with Crippen LogP contribution in [0.5, 0.6) is 0 Å². The Morgan fingerprint density at radius 1 is 1.35 bits per heavy atom. The molecule has 1 heterocycles. The predicted octanol–water partition coefficient (Wildman–Crippen LogP) is 3.29. The second kappa shape index (κ2) is 5.48. The van der Waals surface area contributed by atoms with E-state index < -0.39 is 0 Å². The smallest absolute Gasteiger partial charge is 0.0702 e. The summed E-state index contributed by atoms with van der Waals surface area (Å²) in [6.45, 7) is 3.83. The van der Waals surface area contributed by atoms with Crippen molar-refractivity contribution in [2.45, 2.75) is 18.8 Å². The molecular formula is C14H17ClN2. The third-order valence-electron chi connectivity index (χ3n) is 2.68. The van der Waals surface area contributed by atoms with Crippen LogP contribution in [0.2, 0.25) is 0 Å². The Kier molecular flexibility index (Phi) is 3.97. The summed E-state index contributed by atoms with van der Waals surface area (Å²) in [5.41, 5.74) is 2.34. The van der Waals surface area contributed by atoms with Gasteiger partial charge < -0.3 is 4.90 Å². The second-order valence-corrected chi connectivity index (χ2v) is 5.25.